The van der Waals surface area contributed by atoms with Gasteiger partial charge in [0.2, 0.25) is 11.8 Å². The van der Waals surface area contributed by atoms with Gasteiger partial charge in [-0.05, 0) is 42.2 Å². The Morgan fingerprint density at radius 2 is 1.53 bits per heavy atom. The van der Waals surface area contributed by atoms with E-state index in [2.05, 4.69) is 5.32 Å². The number of amides is 2. The fourth-order valence-electron chi connectivity index (χ4n) is 3.70. The molecule has 34 heavy (non-hydrogen) atoms. The summed E-state index contributed by atoms with van der Waals surface area (Å²) in [6, 6.07) is 23.8. The van der Waals surface area contributed by atoms with Crippen molar-refractivity contribution in [3.63, 3.8) is 0 Å². The van der Waals surface area contributed by atoms with Gasteiger partial charge in [-0.1, -0.05) is 96.9 Å². The number of nitrogens with zero attached hydrogens (tertiary/aromatic N) is 1. The van der Waals surface area contributed by atoms with Crippen molar-refractivity contribution in [2.24, 2.45) is 0 Å². The molecule has 0 aromatic heterocycles. The quantitative estimate of drug-likeness (QED) is 0.369. The van der Waals surface area contributed by atoms with E-state index in [4.69, 9.17) is 23.2 Å². The van der Waals surface area contributed by atoms with Crippen molar-refractivity contribution in [2.75, 3.05) is 0 Å². The normalized spacial score (nSPS) is 12.6. The minimum atomic E-state index is -0.695. The Balaban J connectivity index is 1.99. The van der Waals surface area contributed by atoms with Gasteiger partial charge in [0, 0.05) is 29.1 Å². The average Bonchev–Trinajstić information content (AvgIpc) is 2.83. The number of hydrogen-bond acceptors (Lipinski definition) is 2. The van der Waals surface area contributed by atoms with Gasteiger partial charge in [0.15, 0.2) is 0 Å². The lowest BCUT2D eigenvalue weighted by Crippen LogP contribution is -2.52. The smallest absolute Gasteiger partial charge is 0.243 e. The molecule has 0 saturated carbocycles. The van der Waals surface area contributed by atoms with Crippen LogP contribution in [0, 0.1) is 0 Å². The van der Waals surface area contributed by atoms with E-state index in [1.165, 1.54) is 0 Å². The van der Waals surface area contributed by atoms with Gasteiger partial charge >= 0.3 is 0 Å². The Bertz CT molecular complexity index is 1090. The highest BCUT2D eigenvalue weighted by Gasteiger charge is 2.31. The summed E-state index contributed by atoms with van der Waals surface area (Å²) in [6.07, 6.45) is 1.38. The number of rotatable bonds is 10. The number of nitrogens with one attached hydrogen (secondary N) is 1. The van der Waals surface area contributed by atoms with Crippen LogP contribution in [0.3, 0.4) is 0 Å². The molecule has 0 saturated heterocycles. The SMILES string of the molecule is CC[C@H](C)NC(=O)[C@@H](Cc1ccccc1)N(Cc1ccc(Cl)cc1Cl)C(=O)Cc1ccccc1. The minimum absolute atomic E-state index is 0.00373. The van der Waals surface area contributed by atoms with Crippen LogP contribution in [0.15, 0.2) is 78.9 Å². The molecule has 0 bridgehead atoms. The molecule has 4 nitrogen and oxygen atoms in total. The molecule has 0 aliphatic heterocycles. The summed E-state index contributed by atoms with van der Waals surface area (Å²) >= 11 is 12.6. The molecule has 3 aromatic rings. The first-order valence-corrected chi connectivity index (χ1v) is 12.2. The van der Waals surface area contributed by atoms with E-state index in [9.17, 15) is 9.59 Å². The zero-order chi connectivity index (χ0) is 24.5. The van der Waals surface area contributed by atoms with Gasteiger partial charge in [0.05, 0.1) is 6.42 Å². The van der Waals surface area contributed by atoms with Crippen molar-refractivity contribution >= 4 is 35.0 Å². The third-order valence-corrected chi connectivity index (χ3v) is 6.41. The Kier molecular flexibility index (Phi) is 9.55. The summed E-state index contributed by atoms with van der Waals surface area (Å²) in [5, 5.41) is 4.06. The molecule has 0 aliphatic rings. The highest BCUT2D eigenvalue weighted by atomic mass is 35.5. The molecule has 0 unspecified atom stereocenters. The molecule has 6 heteroatoms. The van der Waals surface area contributed by atoms with Crippen LogP contribution < -0.4 is 5.32 Å². The topological polar surface area (TPSA) is 49.4 Å². The molecule has 178 valence electrons. The van der Waals surface area contributed by atoms with Gasteiger partial charge < -0.3 is 10.2 Å². The Morgan fingerprint density at radius 3 is 2.12 bits per heavy atom. The zero-order valence-corrected chi connectivity index (χ0v) is 21.0. The van der Waals surface area contributed by atoms with E-state index in [0.29, 0.717) is 16.5 Å². The highest BCUT2D eigenvalue weighted by Crippen LogP contribution is 2.24. The molecule has 0 fully saturated rings. The summed E-state index contributed by atoms with van der Waals surface area (Å²) < 4.78 is 0. The maximum Gasteiger partial charge on any atom is 0.243 e. The van der Waals surface area contributed by atoms with Crippen LogP contribution in [0.4, 0.5) is 0 Å². The summed E-state index contributed by atoms with van der Waals surface area (Å²) in [5.74, 6) is -0.317. The van der Waals surface area contributed by atoms with E-state index in [-0.39, 0.29) is 30.8 Å². The molecule has 2 atom stereocenters. The maximum absolute atomic E-state index is 13.7. The van der Waals surface area contributed by atoms with Gasteiger partial charge in [-0.3, -0.25) is 9.59 Å². The van der Waals surface area contributed by atoms with E-state index in [0.717, 1.165) is 23.1 Å². The van der Waals surface area contributed by atoms with E-state index in [1.807, 2.05) is 74.5 Å². The van der Waals surface area contributed by atoms with Crippen LogP contribution in [0.25, 0.3) is 0 Å². The Labute approximate surface area is 211 Å². The fraction of sp³-hybridized carbons (Fsp3) is 0.286. The van der Waals surface area contributed by atoms with Gasteiger partial charge in [-0.15, -0.1) is 0 Å². The maximum atomic E-state index is 13.7. The van der Waals surface area contributed by atoms with Crippen molar-refractivity contribution in [1.82, 2.24) is 10.2 Å². The van der Waals surface area contributed by atoms with Crippen LogP contribution in [0.1, 0.15) is 37.0 Å². The number of halogens is 2. The second-order valence-corrected chi connectivity index (χ2v) is 9.29. The summed E-state index contributed by atoms with van der Waals surface area (Å²) in [7, 11) is 0. The summed E-state index contributed by atoms with van der Waals surface area (Å²) in [6.45, 7) is 4.18. The molecular formula is C28H30Cl2N2O2. The molecule has 3 rings (SSSR count). The lowest BCUT2D eigenvalue weighted by atomic mass is 10.0. The lowest BCUT2D eigenvalue weighted by Gasteiger charge is -2.32. The Hall–Kier alpha value is -2.82. The van der Waals surface area contributed by atoms with Gasteiger partial charge in [-0.2, -0.15) is 0 Å². The first-order chi connectivity index (χ1) is 16.4. The van der Waals surface area contributed by atoms with Crippen LogP contribution in [0.2, 0.25) is 10.0 Å². The summed E-state index contributed by atoms with van der Waals surface area (Å²) in [4.78, 5) is 28.8. The molecule has 2 amide bonds. The molecule has 1 N–H and O–H groups in total. The van der Waals surface area contributed by atoms with Crippen molar-refractivity contribution in [1.29, 1.82) is 0 Å². The number of benzene rings is 3. The summed E-state index contributed by atoms with van der Waals surface area (Å²) in [5.41, 5.74) is 2.61. The highest BCUT2D eigenvalue weighted by molar-refractivity contribution is 6.35. The fourth-order valence-corrected chi connectivity index (χ4v) is 4.17. The molecule has 3 aromatic carbocycles. The molecule has 0 spiro atoms. The molecule has 0 radical (unpaired) electrons. The molecule has 0 aliphatic carbocycles. The first kappa shape index (κ1) is 25.8. The number of carbonyl (C=O) groups excluding carboxylic acids is 2. The van der Waals surface area contributed by atoms with Crippen LogP contribution in [0.5, 0.6) is 0 Å². The second-order valence-electron chi connectivity index (χ2n) is 8.44. The van der Waals surface area contributed by atoms with E-state index < -0.39 is 6.04 Å². The van der Waals surface area contributed by atoms with Gasteiger partial charge in [0.1, 0.15) is 6.04 Å². The van der Waals surface area contributed by atoms with Crippen molar-refractivity contribution in [3.8, 4) is 0 Å². The predicted molar refractivity (Wildman–Crippen MR) is 139 cm³/mol. The van der Waals surface area contributed by atoms with Crippen molar-refractivity contribution in [2.45, 2.75) is 51.7 Å². The van der Waals surface area contributed by atoms with Crippen LogP contribution in [-0.4, -0.2) is 28.8 Å². The molecular weight excluding hydrogens is 467 g/mol. The minimum Gasteiger partial charge on any atom is -0.352 e. The third kappa shape index (κ3) is 7.34. The van der Waals surface area contributed by atoms with E-state index in [1.54, 1.807) is 23.1 Å². The first-order valence-electron chi connectivity index (χ1n) is 11.5. The average molecular weight is 497 g/mol. The van der Waals surface area contributed by atoms with Crippen LogP contribution >= 0.6 is 23.2 Å². The van der Waals surface area contributed by atoms with E-state index >= 15 is 0 Å². The van der Waals surface area contributed by atoms with Crippen molar-refractivity contribution < 1.29 is 9.59 Å². The lowest BCUT2D eigenvalue weighted by molar-refractivity contribution is -0.141. The standard InChI is InChI=1S/C28H30Cl2N2O2/c1-3-20(2)31-28(34)26(16-21-10-6-4-7-11-21)32(19-23-14-15-24(29)18-25(23)30)27(33)17-22-12-8-5-9-13-22/h4-15,18,20,26H,3,16-17,19H2,1-2H3,(H,31,34)/t20-,26+/m0/s1. The van der Waals surface area contributed by atoms with Crippen molar-refractivity contribution in [3.05, 3.63) is 106 Å². The monoisotopic (exact) mass is 496 g/mol. The zero-order valence-electron chi connectivity index (χ0n) is 19.5. The Morgan fingerprint density at radius 1 is 0.912 bits per heavy atom. The number of carbonyl (C=O) groups is 2. The van der Waals surface area contributed by atoms with Gasteiger partial charge in [-0.25, -0.2) is 0 Å². The third-order valence-electron chi connectivity index (χ3n) is 5.83. The van der Waals surface area contributed by atoms with Gasteiger partial charge in [0.25, 0.3) is 0 Å². The largest absolute Gasteiger partial charge is 0.352 e. The number of hydrogen-bond donors (Lipinski definition) is 1. The second kappa shape index (κ2) is 12.6. The molecule has 0 heterocycles. The van der Waals surface area contributed by atoms with Crippen LogP contribution in [-0.2, 0) is 29.0 Å². The predicted octanol–water partition coefficient (Wildman–Crippen LogP) is 6.09.